The standard InChI is InChI=1S/C28H30FN5O2/c1-18-16-32(17-31-18)24-11-6-20(15-25(24)36-5)14-23-26(35)34(19(2)21-7-9-22(29)10-8-21)27-30-12-13-33(27)28(23,3)4/h6-11,14-17,19H,12-13H2,1-5H3. The molecule has 0 aliphatic carbocycles. The first-order valence-corrected chi connectivity index (χ1v) is 12.0. The number of nitrogens with zero attached hydrogens (tertiary/aromatic N) is 5. The van der Waals surface area contributed by atoms with Gasteiger partial charge in [-0.25, -0.2) is 9.37 Å². The van der Waals surface area contributed by atoms with Crippen LogP contribution in [0.15, 0.2) is 65.6 Å². The molecule has 0 radical (unpaired) electrons. The normalized spacial score (nSPS) is 18.9. The highest BCUT2D eigenvalue weighted by molar-refractivity contribution is 6.13. The largest absolute Gasteiger partial charge is 0.495 e. The van der Waals surface area contributed by atoms with Gasteiger partial charge in [0.25, 0.3) is 5.91 Å². The molecule has 5 rings (SSSR count). The molecule has 7 nitrogen and oxygen atoms in total. The summed E-state index contributed by atoms with van der Waals surface area (Å²) in [6, 6.07) is 11.9. The molecule has 1 atom stereocenters. The van der Waals surface area contributed by atoms with Gasteiger partial charge in [0.2, 0.25) is 5.96 Å². The molecule has 36 heavy (non-hydrogen) atoms. The van der Waals surface area contributed by atoms with Crippen molar-refractivity contribution in [2.24, 2.45) is 4.99 Å². The minimum atomic E-state index is -0.557. The molecule has 1 saturated heterocycles. The first kappa shape index (κ1) is 23.8. The molecule has 1 fully saturated rings. The van der Waals surface area contributed by atoms with Crippen LogP contribution >= 0.6 is 0 Å². The van der Waals surface area contributed by atoms with E-state index in [9.17, 15) is 9.18 Å². The monoisotopic (exact) mass is 487 g/mol. The van der Waals surface area contributed by atoms with Crippen LogP contribution in [0.1, 0.15) is 43.6 Å². The van der Waals surface area contributed by atoms with Crippen molar-refractivity contribution in [3.05, 3.63) is 83.2 Å². The Morgan fingerprint density at radius 1 is 1.17 bits per heavy atom. The molecule has 2 aromatic carbocycles. The molecule has 3 heterocycles. The van der Waals surface area contributed by atoms with Gasteiger partial charge in [0.15, 0.2) is 0 Å². The highest BCUT2D eigenvalue weighted by Crippen LogP contribution is 2.39. The van der Waals surface area contributed by atoms with E-state index in [0.29, 0.717) is 23.8 Å². The number of hydrogen-bond donors (Lipinski definition) is 0. The third-order valence-corrected chi connectivity index (χ3v) is 7.06. The molecular formula is C28H30FN5O2. The number of guanidine groups is 1. The van der Waals surface area contributed by atoms with Gasteiger partial charge < -0.3 is 14.2 Å². The van der Waals surface area contributed by atoms with E-state index in [1.807, 2.05) is 48.9 Å². The molecule has 8 heteroatoms. The quantitative estimate of drug-likeness (QED) is 0.487. The number of aliphatic imine (C=N–C) groups is 1. The number of halogens is 1. The molecule has 2 aliphatic rings. The van der Waals surface area contributed by atoms with Crippen molar-refractivity contribution in [1.29, 1.82) is 0 Å². The van der Waals surface area contributed by atoms with E-state index in [2.05, 4.69) is 28.7 Å². The molecule has 186 valence electrons. The summed E-state index contributed by atoms with van der Waals surface area (Å²) >= 11 is 0. The zero-order valence-corrected chi connectivity index (χ0v) is 21.2. The summed E-state index contributed by atoms with van der Waals surface area (Å²) in [5.74, 6) is 0.938. The van der Waals surface area contributed by atoms with E-state index < -0.39 is 5.54 Å². The van der Waals surface area contributed by atoms with Gasteiger partial charge in [-0.2, -0.15) is 0 Å². The van der Waals surface area contributed by atoms with Crippen LogP contribution in [0.25, 0.3) is 11.8 Å². The third-order valence-electron chi connectivity index (χ3n) is 7.06. The lowest BCUT2D eigenvalue weighted by Crippen LogP contribution is -2.62. The van der Waals surface area contributed by atoms with Gasteiger partial charge in [-0.15, -0.1) is 0 Å². The molecule has 0 N–H and O–H groups in total. The van der Waals surface area contributed by atoms with Crippen LogP contribution in [-0.2, 0) is 4.79 Å². The predicted octanol–water partition coefficient (Wildman–Crippen LogP) is 4.77. The second-order valence-corrected chi connectivity index (χ2v) is 9.71. The Hall–Kier alpha value is -3.94. The number of rotatable bonds is 5. The number of ether oxygens (including phenoxy) is 1. The lowest BCUT2D eigenvalue weighted by Gasteiger charge is -2.49. The SMILES string of the molecule is COc1cc(C=C2C(=O)N(C(C)c3ccc(F)cc3)C3=NCCN3C2(C)C)ccc1-n1cnc(C)c1. The molecule has 2 aliphatic heterocycles. The number of hydrogen-bond acceptors (Lipinski definition) is 5. The van der Waals surface area contributed by atoms with Gasteiger partial charge in [-0.1, -0.05) is 18.2 Å². The first-order chi connectivity index (χ1) is 17.2. The first-order valence-electron chi connectivity index (χ1n) is 12.0. The summed E-state index contributed by atoms with van der Waals surface area (Å²) in [7, 11) is 1.63. The number of carbonyl (C=O) groups is 1. The topological polar surface area (TPSA) is 63.0 Å². The van der Waals surface area contributed by atoms with E-state index in [0.717, 1.165) is 29.1 Å². The van der Waals surface area contributed by atoms with Crippen molar-refractivity contribution >= 4 is 17.9 Å². The molecule has 0 bridgehead atoms. The van der Waals surface area contributed by atoms with Gasteiger partial charge in [-0.3, -0.25) is 14.7 Å². The maximum atomic E-state index is 14.0. The Morgan fingerprint density at radius 2 is 1.92 bits per heavy atom. The van der Waals surface area contributed by atoms with Gasteiger partial charge in [0, 0.05) is 18.3 Å². The number of carbonyl (C=O) groups excluding carboxylic acids is 1. The van der Waals surface area contributed by atoms with Crippen molar-refractivity contribution < 1.29 is 13.9 Å². The van der Waals surface area contributed by atoms with E-state index >= 15 is 0 Å². The number of benzene rings is 2. The van der Waals surface area contributed by atoms with Gasteiger partial charge in [0.05, 0.1) is 42.9 Å². The maximum absolute atomic E-state index is 14.0. The smallest absolute Gasteiger partial charge is 0.259 e. The fraction of sp³-hybridized carbons (Fsp3) is 0.321. The fourth-order valence-corrected chi connectivity index (χ4v) is 4.99. The highest BCUT2D eigenvalue weighted by atomic mass is 19.1. The molecule has 1 aromatic heterocycles. The summed E-state index contributed by atoms with van der Waals surface area (Å²) < 4.78 is 21.1. The van der Waals surface area contributed by atoms with Crippen molar-refractivity contribution in [3.8, 4) is 11.4 Å². The lowest BCUT2D eigenvalue weighted by molar-refractivity contribution is -0.128. The van der Waals surface area contributed by atoms with Crippen LogP contribution in [0.2, 0.25) is 0 Å². The fourth-order valence-electron chi connectivity index (χ4n) is 4.99. The van der Waals surface area contributed by atoms with Crippen LogP contribution in [0.3, 0.4) is 0 Å². The minimum Gasteiger partial charge on any atom is -0.495 e. The summed E-state index contributed by atoms with van der Waals surface area (Å²) in [6.07, 6.45) is 5.63. The van der Waals surface area contributed by atoms with Gasteiger partial charge in [0.1, 0.15) is 11.6 Å². The summed E-state index contributed by atoms with van der Waals surface area (Å²) in [6.45, 7) is 9.34. The Labute approximate surface area is 210 Å². The van der Waals surface area contributed by atoms with Crippen LogP contribution in [-0.4, -0.2) is 57.0 Å². The molecule has 0 spiro atoms. The lowest BCUT2D eigenvalue weighted by atomic mass is 9.86. The summed E-state index contributed by atoms with van der Waals surface area (Å²) in [4.78, 5) is 27.0. The van der Waals surface area contributed by atoms with E-state index in [-0.39, 0.29) is 17.8 Å². The van der Waals surface area contributed by atoms with Crippen molar-refractivity contribution in [2.75, 3.05) is 20.2 Å². The number of aromatic nitrogens is 2. The Kier molecular flexibility index (Phi) is 5.90. The van der Waals surface area contributed by atoms with E-state index in [4.69, 9.17) is 4.74 Å². The second kappa shape index (κ2) is 8.93. The molecular weight excluding hydrogens is 457 g/mol. The molecule has 1 amide bonds. The molecule has 0 saturated carbocycles. The van der Waals surface area contributed by atoms with Crippen molar-refractivity contribution in [3.63, 3.8) is 0 Å². The van der Waals surface area contributed by atoms with Crippen molar-refractivity contribution in [2.45, 2.75) is 39.3 Å². The molecule has 1 unspecified atom stereocenters. The molecule has 3 aromatic rings. The van der Waals surface area contributed by atoms with Crippen LogP contribution in [0.5, 0.6) is 5.75 Å². The van der Waals surface area contributed by atoms with Gasteiger partial charge in [-0.05, 0) is 69.2 Å². The number of imidazole rings is 1. The van der Waals surface area contributed by atoms with Crippen LogP contribution in [0.4, 0.5) is 4.39 Å². The average molecular weight is 488 g/mol. The third kappa shape index (κ3) is 3.96. The van der Waals surface area contributed by atoms with Crippen LogP contribution < -0.4 is 4.74 Å². The van der Waals surface area contributed by atoms with Crippen molar-refractivity contribution in [1.82, 2.24) is 19.4 Å². The minimum absolute atomic E-state index is 0.109. The highest BCUT2D eigenvalue weighted by Gasteiger charge is 2.49. The zero-order valence-electron chi connectivity index (χ0n) is 21.2. The zero-order chi connectivity index (χ0) is 25.6. The maximum Gasteiger partial charge on any atom is 0.259 e. The number of amides is 1. The number of fused-ring (bicyclic) bond motifs is 1. The van der Waals surface area contributed by atoms with Crippen LogP contribution in [0, 0.1) is 12.7 Å². The Bertz CT molecular complexity index is 1370. The van der Waals surface area contributed by atoms with E-state index in [1.165, 1.54) is 12.1 Å². The number of aryl methyl sites for hydroxylation is 1. The summed E-state index contributed by atoms with van der Waals surface area (Å²) in [5, 5.41) is 0. The summed E-state index contributed by atoms with van der Waals surface area (Å²) in [5.41, 5.74) is 3.59. The Balaban J connectivity index is 1.56. The van der Waals surface area contributed by atoms with Gasteiger partial charge >= 0.3 is 0 Å². The second-order valence-electron chi connectivity index (χ2n) is 9.71. The van der Waals surface area contributed by atoms with E-state index in [1.54, 1.807) is 30.5 Å². The average Bonchev–Trinajstić information content (AvgIpc) is 3.52. The number of methoxy groups -OCH3 is 1. The Morgan fingerprint density at radius 3 is 2.58 bits per heavy atom. The predicted molar refractivity (Wildman–Crippen MR) is 138 cm³/mol.